The van der Waals surface area contributed by atoms with Gasteiger partial charge in [0.05, 0.1) is 19.8 Å². The third-order valence-electron chi connectivity index (χ3n) is 4.09. The van der Waals surface area contributed by atoms with E-state index >= 15 is 0 Å². The van der Waals surface area contributed by atoms with Crippen LogP contribution in [0.15, 0.2) is 0 Å². The first-order valence-corrected chi connectivity index (χ1v) is 7.90. The van der Waals surface area contributed by atoms with Crippen LogP contribution >= 0.6 is 0 Å². The van der Waals surface area contributed by atoms with Crippen molar-refractivity contribution in [1.29, 1.82) is 0 Å². The second-order valence-electron chi connectivity index (χ2n) is 5.56. The van der Waals surface area contributed by atoms with E-state index in [4.69, 9.17) is 14.2 Å². The molecule has 0 aromatic rings. The molecule has 2 rings (SSSR count). The van der Waals surface area contributed by atoms with Crippen LogP contribution in [0.3, 0.4) is 0 Å². The van der Waals surface area contributed by atoms with E-state index in [2.05, 4.69) is 4.90 Å². The second kappa shape index (κ2) is 7.96. The van der Waals surface area contributed by atoms with Crippen LogP contribution in [0.25, 0.3) is 0 Å². The van der Waals surface area contributed by atoms with E-state index in [9.17, 15) is 4.79 Å². The molecule has 0 bridgehead atoms. The lowest BCUT2D eigenvalue weighted by Crippen LogP contribution is -2.45. The van der Waals surface area contributed by atoms with Gasteiger partial charge in [0.1, 0.15) is 0 Å². The zero-order valence-corrected chi connectivity index (χ0v) is 12.6. The van der Waals surface area contributed by atoms with E-state index < -0.39 is 0 Å². The molecular weight excluding hydrogens is 258 g/mol. The molecule has 2 aliphatic rings. The fourth-order valence-electron chi connectivity index (χ4n) is 2.92. The Balaban J connectivity index is 1.50. The predicted octanol–water partition coefficient (Wildman–Crippen LogP) is 1.95. The monoisotopic (exact) mass is 285 g/mol. The average Bonchev–Trinajstić information content (AvgIpc) is 2.89. The highest BCUT2D eigenvalue weighted by atomic mass is 16.7. The number of piperidine rings is 1. The van der Waals surface area contributed by atoms with Gasteiger partial charge >= 0.3 is 5.97 Å². The Kier molecular flexibility index (Phi) is 6.26. The molecule has 0 aliphatic carbocycles. The third kappa shape index (κ3) is 4.72. The van der Waals surface area contributed by atoms with Gasteiger partial charge in [-0.25, -0.2) is 0 Å². The highest BCUT2D eigenvalue weighted by Crippen LogP contribution is 2.31. The van der Waals surface area contributed by atoms with Crippen LogP contribution < -0.4 is 0 Å². The number of hydrogen-bond acceptors (Lipinski definition) is 5. The molecule has 0 atom stereocenters. The highest BCUT2D eigenvalue weighted by Gasteiger charge is 2.39. The maximum Gasteiger partial charge on any atom is 0.305 e. The summed E-state index contributed by atoms with van der Waals surface area (Å²) in [6.07, 6.45) is 5.69. The minimum Gasteiger partial charge on any atom is -0.466 e. The Morgan fingerprint density at radius 1 is 1.15 bits per heavy atom. The van der Waals surface area contributed by atoms with Crippen LogP contribution in [-0.2, 0) is 19.0 Å². The average molecular weight is 285 g/mol. The molecule has 0 amide bonds. The van der Waals surface area contributed by atoms with Crippen molar-refractivity contribution < 1.29 is 19.0 Å². The first-order valence-electron chi connectivity index (χ1n) is 7.90. The lowest BCUT2D eigenvalue weighted by molar-refractivity contribution is -0.185. The Morgan fingerprint density at radius 2 is 1.85 bits per heavy atom. The number of ether oxygens (including phenoxy) is 3. The standard InChI is InChI=1S/C15H27NO4/c1-2-18-14(17)6-4-3-5-9-16-10-7-15(8-11-16)19-12-13-20-15/h2-13H2,1H3. The Morgan fingerprint density at radius 3 is 2.50 bits per heavy atom. The van der Waals surface area contributed by atoms with Crippen molar-refractivity contribution in [2.24, 2.45) is 0 Å². The summed E-state index contributed by atoms with van der Waals surface area (Å²) in [6.45, 7) is 7.04. The Bertz CT molecular complexity index is 292. The van der Waals surface area contributed by atoms with E-state index in [1.807, 2.05) is 6.92 Å². The number of rotatable bonds is 7. The topological polar surface area (TPSA) is 48.0 Å². The van der Waals surface area contributed by atoms with E-state index in [0.29, 0.717) is 13.0 Å². The van der Waals surface area contributed by atoms with Gasteiger partial charge in [-0.1, -0.05) is 6.42 Å². The van der Waals surface area contributed by atoms with Gasteiger partial charge < -0.3 is 19.1 Å². The largest absolute Gasteiger partial charge is 0.466 e. The summed E-state index contributed by atoms with van der Waals surface area (Å²) in [5, 5.41) is 0. The molecule has 0 aromatic carbocycles. The quantitative estimate of drug-likeness (QED) is 0.528. The highest BCUT2D eigenvalue weighted by molar-refractivity contribution is 5.69. The van der Waals surface area contributed by atoms with Crippen LogP contribution in [-0.4, -0.2) is 56.1 Å². The van der Waals surface area contributed by atoms with Gasteiger partial charge in [0.2, 0.25) is 0 Å². The van der Waals surface area contributed by atoms with Crippen molar-refractivity contribution in [3.63, 3.8) is 0 Å². The summed E-state index contributed by atoms with van der Waals surface area (Å²) in [6, 6.07) is 0. The molecule has 20 heavy (non-hydrogen) atoms. The number of esters is 1. The van der Waals surface area contributed by atoms with E-state index in [0.717, 1.165) is 65.0 Å². The molecule has 0 N–H and O–H groups in total. The van der Waals surface area contributed by atoms with Crippen LogP contribution in [0.4, 0.5) is 0 Å². The van der Waals surface area contributed by atoms with Crippen LogP contribution in [0.1, 0.15) is 45.4 Å². The van der Waals surface area contributed by atoms with Crippen LogP contribution in [0.5, 0.6) is 0 Å². The minimum atomic E-state index is -0.263. The number of unbranched alkanes of at least 4 members (excludes halogenated alkanes) is 2. The molecule has 2 fully saturated rings. The van der Waals surface area contributed by atoms with E-state index in [1.165, 1.54) is 0 Å². The molecule has 0 aromatic heterocycles. The third-order valence-corrected chi connectivity index (χ3v) is 4.09. The number of carbonyl (C=O) groups excluding carboxylic acids is 1. The zero-order chi connectivity index (χ0) is 14.3. The van der Waals surface area contributed by atoms with Crippen molar-refractivity contribution >= 4 is 5.97 Å². The van der Waals surface area contributed by atoms with Crippen molar-refractivity contribution in [2.45, 2.75) is 51.2 Å². The minimum absolute atomic E-state index is 0.0667. The SMILES string of the molecule is CCOC(=O)CCCCCN1CCC2(CC1)OCCO2. The summed E-state index contributed by atoms with van der Waals surface area (Å²) >= 11 is 0. The molecule has 0 radical (unpaired) electrons. The van der Waals surface area contributed by atoms with Gasteiger partial charge in [-0.3, -0.25) is 4.79 Å². The second-order valence-corrected chi connectivity index (χ2v) is 5.56. The van der Waals surface area contributed by atoms with Crippen molar-refractivity contribution in [2.75, 3.05) is 39.5 Å². The molecule has 5 heteroatoms. The van der Waals surface area contributed by atoms with E-state index in [1.54, 1.807) is 0 Å². The Hall–Kier alpha value is -0.650. The van der Waals surface area contributed by atoms with Gasteiger partial charge in [-0.05, 0) is 26.3 Å². The fraction of sp³-hybridized carbons (Fsp3) is 0.933. The molecule has 0 saturated carbocycles. The molecule has 0 unspecified atom stereocenters. The number of likely N-dealkylation sites (tertiary alicyclic amines) is 1. The van der Waals surface area contributed by atoms with Crippen molar-refractivity contribution in [3.05, 3.63) is 0 Å². The summed E-state index contributed by atoms with van der Waals surface area (Å²) in [5.41, 5.74) is 0. The number of nitrogens with zero attached hydrogens (tertiary/aromatic N) is 1. The van der Waals surface area contributed by atoms with E-state index in [-0.39, 0.29) is 11.8 Å². The number of carbonyl (C=O) groups is 1. The summed E-state index contributed by atoms with van der Waals surface area (Å²) in [7, 11) is 0. The van der Waals surface area contributed by atoms with Crippen molar-refractivity contribution in [1.82, 2.24) is 4.90 Å². The van der Waals surface area contributed by atoms with Crippen molar-refractivity contribution in [3.8, 4) is 0 Å². The fourth-order valence-corrected chi connectivity index (χ4v) is 2.92. The lowest BCUT2D eigenvalue weighted by Gasteiger charge is -2.37. The summed E-state index contributed by atoms with van der Waals surface area (Å²) in [4.78, 5) is 13.7. The van der Waals surface area contributed by atoms with Gasteiger partial charge in [0, 0.05) is 32.4 Å². The molecule has 2 heterocycles. The molecule has 116 valence electrons. The van der Waals surface area contributed by atoms with Crippen LogP contribution in [0, 0.1) is 0 Å². The Labute approximate surface area is 121 Å². The summed E-state index contributed by atoms with van der Waals surface area (Å²) in [5.74, 6) is -0.330. The smallest absolute Gasteiger partial charge is 0.305 e. The van der Waals surface area contributed by atoms with Gasteiger partial charge in [0.25, 0.3) is 0 Å². The van der Waals surface area contributed by atoms with Crippen LogP contribution in [0.2, 0.25) is 0 Å². The maximum absolute atomic E-state index is 11.2. The lowest BCUT2D eigenvalue weighted by atomic mass is 10.0. The normalized spacial score (nSPS) is 22.2. The van der Waals surface area contributed by atoms with Gasteiger partial charge in [0.15, 0.2) is 5.79 Å². The molecular formula is C15H27NO4. The predicted molar refractivity (Wildman–Crippen MR) is 75.4 cm³/mol. The molecule has 1 spiro atoms. The molecule has 5 nitrogen and oxygen atoms in total. The zero-order valence-electron chi connectivity index (χ0n) is 12.6. The summed E-state index contributed by atoms with van der Waals surface area (Å²) < 4.78 is 16.4. The molecule has 2 aliphatic heterocycles. The van der Waals surface area contributed by atoms with Gasteiger partial charge in [-0.2, -0.15) is 0 Å². The van der Waals surface area contributed by atoms with Gasteiger partial charge in [-0.15, -0.1) is 0 Å². The first kappa shape index (κ1) is 15.7. The number of hydrogen-bond donors (Lipinski definition) is 0. The first-order chi connectivity index (χ1) is 9.74. The molecule has 2 saturated heterocycles. The maximum atomic E-state index is 11.2.